The van der Waals surface area contributed by atoms with E-state index in [0.29, 0.717) is 22.0 Å². The normalized spacial score (nSPS) is 10.2. The van der Waals surface area contributed by atoms with Crippen molar-refractivity contribution in [3.8, 4) is 0 Å². The number of aryl methyl sites for hydroxylation is 1. The smallest absolute Gasteiger partial charge is 0.259 e. The lowest BCUT2D eigenvalue weighted by Crippen LogP contribution is -2.15. The van der Waals surface area contributed by atoms with Gasteiger partial charge in [0.2, 0.25) is 5.91 Å². The van der Waals surface area contributed by atoms with E-state index in [1.165, 1.54) is 24.4 Å². The largest absolute Gasteiger partial charge is 0.366 e. The quantitative estimate of drug-likeness (QED) is 0.797. The number of aromatic nitrogens is 2. The average Bonchev–Trinajstić information content (AvgIpc) is 2.78. The number of nitrogens with one attached hydrogen (secondary N) is 2. The van der Waals surface area contributed by atoms with Gasteiger partial charge in [-0.2, -0.15) is 5.10 Å². The summed E-state index contributed by atoms with van der Waals surface area (Å²) >= 11 is 5.96. The van der Waals surface area contributed by atoms with Crippen LogP contribution in [0.3, 0.4) is 0 Å². The van der Waals surface area contributed by atoms with E-state index >= 15 is 0 Å². The monoisotopic (exact) mass is 278 g/mol. The summed E-state index contributed by atoms with van der Waals surface area (Å²) in [6, 6.07) is 4.42. The van der Waals surface area contributed by atoms with E-state index in [1.54, 1.807) is 6.92 Å². The van der Waals surface area contributed by atoms with Gasteiger partial charge >= 0.3 is 0 Å². The first-order valence-electron chi connectivity index (χ1n) is 5.39. The molecule has 0 saturated heterocycles. The third kappa shape index (κ3) is 2.74. The summed E-state index contributed by atoms with van der Waals surface area (Å²) in [6.45, 7) is 1.73. The Balaban J connectivity index is 2.28. The van der Waals surface area contributed by atoms with Crippen molar-refractivity contribution >= 4 is 29.1 Å². The lowest BCUT2D eigenvalue weighted by Gasteiger charge is -2.08. The minimum atomic E-state index is -0.591. The third-order valence-corrected chi connectivity index (χ3v) is 2.90. The second-order valence-electron chi connectivity index (χ2n) is 3.92. The fourth-order valence-corrected chi connectivity index (χ4v) is 1.71. The van der Waals surface area contributed by atoms with E-state index in [-0.39, 0.29) is 11.5 Å². The molecule has 0 unspecified atom stereocenters. The molecule has 0 aliphatic rings. The standard InChI is InChI=1S/C12H11ClN4O2/c1-6-8(5-15-17-6)12(19)16-10-4-7(11(14)18)2-3-9(10)13/h2-5H,1H3,(H2,14,18)(H,15,17)(H,16,19). The Hall–Kier alpha value is -2.34. The third-order valence-electron chi connectivity index (χ3n) is 2.57. The molecule has 6 nitrogen and oxygen atoms in total. The van der Waals surface area contributed by atoms with Gasteiger partial charge in [-0.25, -0.2) is 0 Å². The van der Waals surface area contributed by atoms with Crippen LogP contribution >= 0.6 is 11.6 Å². The van der Waals surface area contributed by atoms with Crippen LogP contribution in [0.25, 0.3) is 0 Å². The van der Waals surface area contributed by atoms with Crippen molar-refractivity contribution in [1.29, 1.82) is 0 Å². The Morgan fingerprint density at radius 3 is 2.74 bits per heavy atom. The molecule has 4 N–H and O–H groups in total. The Morgan fingerprint density at radius 1 is 1.42 bits per heavy atom. The lowest BCUT2D eigenvalue weighted by atomic mass is 10.2. The van der Waals surface area contributed by atoms with Gasteiger partial charge in [0.05, 0.1) is 22.5 Å². The number of primary amides is 1. The van der Waals surface area contributed by atoms with E-state index in [1.807, 2.05) is 0 Å². The van der Waals surface area contributed by atoms with Crippen LogP contribution < -0.4 is 11.1 Å². The molecule has 2 rings (SSSR count). The molecule has 7 heteroatoms. The number of aromatic amines is 1. The predicted octanol–water partition coefficient (Wildman–Crippen LogP) is 1.72. The number of amides is 2. The molecule has 2 amide bonds. The van der Waals surface area contributed by atoms with Crippen molar-refractivity contribution in [2.24, 2.45) is 5.73 Å². The highest BCUT2D eigenvalue weighted by Crippen LogP contribution is 2.23. The van der Waals surface area contributed by atoms with Crippen LogP contribution in [0.1, 0.15) is 26.4 Å². The van der Waals surface area contributed by atoms with E-state index in [4.69, 9.17) is 17.3 Å². The Labute approximate surface area is 113 Å². The number of H-pyrrole nitrogens is 1. The number of carbonyl (C=O) groups excluding carboxylic acids is 2. The van der Waals surface area contributed by atoms with Gasteiger partial charge in [-0.15, -0.1) is 0 Å². The Morgan fingerprint density at radius 2 is 2.16 bits per heavy atom. The maximum atomic E-state index is 12.0. The number of halogens is 1. The molecule has 0 bridgehead atoms. The number of hydrogen-bond acceptors (Lipinski definition) is 3. The van der Waals surface area contributed by atoms with Crippen molar-refractivity contribution in [3.63, 3.8) is 0 Å². The fourth-order valence-electron chi connectivity index (χ4n) is 1.54. The zero-order chi connectivity index (χ0) is 14.0. The van der Waals surface area contributed by atoms with Crippen LogP contribution in [-0.2, 0) is 0 Å². The molecular weight excluding hydrogens is 268 g/mol. The van der Waals surface area contributed by atoms with Crippen LogP contribution in [0.5, 0.6) is 0 Å². The molecule has 2 aromatic rings. The summed E-state index contributed by atoms with van der Waals surface area (Å²) in [6.07, 6.45) is 1.41. The summed E-state index contributed by atoms with van der Waals surface area (Å²) < 4.78 is 0. The van der Waals surface area contributed by atoms with Gasteiger partial charge in [0.25, 0.3) is 5.91 Å². The van der Waals surface area contributed by atoms with E-state index < -0.39 is 5.91 Å². The zero-order valence-electron chi connectivity index (χ0n) is 10.0. The highest BCUT2D eigenvalue weighted by molar-refractivity contribution is 6.34. The first-order chi connectivity index (χ1) is 8.99. The van der Waals surface area contributed by atoms with E-state index in [0.717, 1.165) is 0 Å². The molecule has 0 radical (unpaired) electrons. The second-order valence-corrected chi connectivity index (χ2v) is 4.33. The molecular formula is C12H11ClN4O2. The average molecular weight is 279 g/mol. The molecule has 0 atom stereocenters. The maximum absolute atomic E-state index is 12.0. The van der Waals surface area contributed by atoms with Gasteiger partial charge in [0.1, 0.15) is 0 Å². The number of nitrogens with zero attached hydrogens (tertiary/aromatic N) is 1. The zero-order valence-corrected chi connectivity index (χ0v) is 10.8. The number of anilines is 1. The van der Waals surface area contributed by atoms with Crippen molar-refractivity contribution < 1.29 is 9.59 Å². The van der Waals surface area contributed by atoms with Gasteiger partial charge in [0.15, 0.2) is 0 Å². The highest BCUT2D eigenvalue weighted by Gasteiger charge is 2.13. The molecule has 0 aliphatic heterocycles. The molecule has 0 spiro atoms. The predicted molar refractivity (Wildman–Crippen MR) is 71.2 cm³/mol. The van der Waals surface area contributed by atoms with Gasteiger partial charge in [0, 0.05) is 11.3 Å². The summed E-state index contributed by atoms with van der Waals surface area (Å²) in [5, 5.41) is 9.35. The molecule has 1 aromatic carbocycles. The summed E-state index contributed by atoms with van der Waals surface area (Å²) in [7, 11) is 0. The van der Waals surface area contributed by atoms with Crippen LogP contribution in [-0.4, -0.2) is 22.0 Å². The highest BCUT2D eigenvalue weighted by atomic mass is 35.5. The summed E-state index contributed by atoms with van der Waals surface area (Å²) in [5.74, 6) is -0.957. The number of rotatable bonds is 3. The molecule has 0 aliphatic carbocycles. The van der Waals surface area contributed by atoms with Crippen LogP contribution in [0, 0.1) is 6.92 Å². The number of hydrogen-bond donors (Lipinski definition) is 3. The van der Waals surface area contributed by atoms with Gasteiger partial charge < -0.3 is 11.1 Å². The first-order valence-corrected chi connectivity index (χ1v) is 5.77. The minimum absolute atomic E-state index is 0.267. The van der Waals surface area contributed by atoms with Crippen LogP contribution in [0.15, 0.2) is 24.4 Å². The molecule has 1 heterocycles. The van der Waals surface area contributed by atoms with Gasteiger partial charge in [-0.1, -0.05) is 11.6 Å². The molecule has 98 valence electrons. The van der Waals surface area contributed by atoms with Crippen molar-refractivity contribution in [2.75, 3.05) is 5.32 Å². The second kappa shape index (κ2) is 5.11. The Kier molecular flexibility index (Phi) is 3.52. The van der Waals surface area contributed by atoms with Gasteiger partial charge in [-0.3, -0.25) is 14.7 Å². The number of carbonyl (C=O) groups is 2. The van der Waals surface area contributed by atoms with Crippen LogP contribution in [0.4, 0.5) is 5.69 Å². The summed E-state index contributed by atoms with van der Waals surface area (Å²) in [4.78, 5) is 23.1. The van der Waals surface area contributed by atoms with Crippen molar-refractivity contribution in [3.05, 3.63) is 46.2 Å². The van der Waals surface area contributed by atoms with E-state index in [2.05, 4.69) is 15.5 Å². The molecule has 0 saturated carbocycles. The SMILES string of the molecule is Cc1[nH]ncc1C(=O)Nc1cc(C(N)=O)ccc1Cl. The number of nitrogens with two attached hydrogens (primary N) is 1. The van der Waals surface area contributed by atoms with Crippen molar-refractivity contribution in [2.45, 2.75) is 6.92 Å². The number of benzene rings is 1. The maximum Gasteiger partial charge on any atom is 0.259 e. The molecule has 0 fully saturated rings. The minimum Gasteiger partial charge on any atom is -0.366 e. The van der Waals surface area contributed by atoms with Crippen molar-refractivity contribution in [1.82, 2.24) is 10.2 Å². The topological polar surface area (TPSA) is 101 Å². The van der Waals surface area contributed by atoms with Crippen LogP contribution in [0.2, 0.25) is 5.02 Å². The van der Waals surface area contributed by atoms with Gasteiger partial charge in [-0.05, 0) is 25.1 Å². The van der Waals surface area contributed by atoms with E-state index in [9.17, 15) is 9.59 Å². The first kappa shape index (κ1) is 13.1. The molecule has 1 aromatic heterocycles. The Bertz CT molecular complexity index is 651. The summed E-state index contributed by atoms with van der Waals surface area (Å²) in [5.41, 5.74) is 6.80. The lowest BCUT2D eigenvalue weighted by molar-refractivity contribution is 0.0996. The molecule has 19 heavy (non-hydrogen) atoms. The fraction of sp³-hybridized carbons (Fsp3) is 0.0833.